The maximum absolute atomic E-state index is 3.48. The molecule has 1 unspecified atom stereocenters. The number of nitrogens with one attached hydrogen (secondary N) is 1. The summed E-state index contributed by atoms with van der Waals surface area (Å²) in [4.78, 5) is 0. The van der Waals surface area contributed by atoms with E-state index in [2.05, 4.69) is 73.9 Å². The molecular formula is C14H22IN. The quantitative estimate of drug-likeness (QED) is 0.794. The normalized spacial score (nSPS) is 13.1. The van der Waals surface area contributed by atoms with Crippen molar-refractivity contribution in [3.8, 4) is 0 Å². The van der Waals surface area contributed by atoms with E-state index in [1.807, 2.05) is 0 Å². The van der Waals surface area contributed by atoms with Gasteiger partial charge in [-0.3, -0.25) is 0 Å². The summed E-state index contributed by atoms with van der Waals surface area (Å²) in [5, 5.41) is 3.48. The van der Waals surface area contributed by atoms with Gasteiger partial charge in [0, 0.05) is 9.61 Å². The molecule has 1 nitrogen and oxygen atoms in total. The fourth-order valence-electron chi connectivity index (χ4n) is 2.32. The molecule has 2 heteroatoms. The van der Waals surface area contributed by atoms with Crippen LogP contribution in [0.15, 0.2) is 18.2 Å². The third-order valence-electron chi connectivity index (χ3n) is 3.39. The summed E-state index contributed by atoms with van der Waals surface area (Å²) in [5.74, 6) is 0.723. The Morgan fingerprint density at radius 2 is 1.88 bits per heavy atom. The number of hydrogen-bond acceptors (Lipinski definition) is 1. The monoisotopic (exact) mass is 331 g/mol. The lowest BCUT2D eigenvalue weighted by atomic mass is 9.88. The van der Waals surface area contributed by atoms with E-state index in [1.54, 1.807) is 0 Å². The predicted molar refractivity (Wildman–Crippen MR) is 79.8 cm³/mol. The number of hydrogen-bond donors (Lipinski definition) is 1. The summed E-state index contributed by atoms with van der Waals surface area (Å²) in [6.45, 7) is 6.74. The highest BCUT2D eigenvalue weighted by molar-refractivity contribution is 14.1. The van der Waals surface area contributed by atoms with Crippen LogP contribution < -0.4 is 5.32 Å². The second-order valence-corrected chi connectivity index (χ2v) is 5.40. The Kier molecular flexibility index (Phi) is 5.76. The Balaban J connectivity index is 3.07. The van der Waals surface area contributed by atoms with Crippen LogP contribution in [0.5, 0.6) is 0 Å². The molecule has 1 rings (SSSR count). The first-order valence-electron chi connectivity index (χ1n) is 6.07. The topological polar surface area (TPSA) is 12.0 Å². The number of halogens is 1. The highest BCUT2D eigenvalue weighted by Crippen LogP contribution is 2.31. The van der Waals surface area contributed by atoms with Gasteiger partial charge in [0.1, 0.15) is 0 Å². The number of rotatable bonds is 5. The fraction of sp³-hybridized carbons (Fsp3) is 0.571. The molecule has 1 N–H and O–H groups in total. The van der Waals surface area contributed by atoms with Gasteiger partial charge in [-0.25, -0.2) is 0 Å². The molecule has 16 heavy (non-hydrogen) atoms. The molecule has 90 valence electrons. The van der Waals surface area contributed by atoms with Gasteiger partial charge in [-0.05, 0) is 53.6 Å². The molecule has 0 bridgehead atoms. The largest absolute Gasteiger partial charge is 0.313 e. The van der Waals surface area contributed by atoms with Gasteiger partial charge in [0.25, 0.3) is 0 Å². The molecule has 0 aliphatic rings. The van der Waals surface area contributed by atoms with Crippen LogP contribution in [-0.2, 0) is 0 Å². The summed E-state index contributed by atoms with van der Waals surface area (Å²) in [6, 6.07) is 7.10. The lowest BCUT2D eigenvalue weighted by molar-refractivity contribution is 0.358. The van der Waals surface area contributed by atoms with Crippen molar-refractivity contribution in [3.63, 3.8) is 0 Å². The molecule has 0 aromatic heterocycles. The lowest BCUT2D eigenvalue weighted by Crippen LogP contribution is -2.25. The molecule has 0 aliphatic heterocycles. The van der Waals surface area contributed by atoms with Crippen molar-refractivity contribution in [1.29, 1.82) is 0 Å². The standard InChI is InChI=1S/C14H22IN/c1-5-11(6-2)14(16-4)12-9-7-8-10(3)13(12)15/h7-9,11,14,16H,5-6H2,1-4H3. The maximum Gasteiger partial charge on any atom is 0.0356 e. The van der Waals surface area contributed by atoms with Gasteiger partial charge >= 0.3 is 0 Å². The van der Waals surface area contributed by atoms with Gasteiger partial charge < -0.3 is 5.32 Å². The van der Waals surface area contributed by atoms with E-state index in [1.165, 1.54) is 27.5 Å². The van der Waals surface area contributed by atoms with E-state index in [9.17, 15) is 0 Å². The average Bonchev–Trinajstić information content (AvgIpc) is 2.30. The minimum Gasteiger partial charge on any atom is -0.313 e. The molecule has 0 aliphatic carbocycles. The molecule has 0 saturated heterocycles. The molecule has 0 radical (unpaired) electrons. The van der Waals surface area contributed by atoms with Crippen molar-refractivity contribution in [2.45, 2.75) is 39.7 Å². The fourth-order valence-corrected chi connectivity index (χ4v) is 3.01. The van der Waals surface area contributed by atoms with Crippen LogP contribution in [0.4, 0.5) is 0 Å². The van der Waals surface area contributed by atoms with Crippen LogP contribution in [0, 0.1) is 16.4 Å². The SMILES string of the molecule is CCC(CC)C(NC)c1cccc(C)c1I. The van der Waals surface area contributed by atoms with Crippen molar-refractivity contribution in [3.05, 3.63) is 32.9 Å². The lowest BCUT2D eigenvalue weighted by Gasteiger charge is -2.26. The van der Waals surface area contributed by atoms with Gasteiger partial charge in [0.05, 0.1) is 0 Å². The first-order valence-corrected chi connectivity index (χ1v) is 7.15. The summed E-state index contributed by atoms with van der Waals surface area (Å²) in [6.07, 6.45) is 2.46. The zero-order valence-corrected chi connectivity index (χ0v) is 12.8. The Hall–Kier alpha value is -0.0900. The number of aryl methyl sites for hydroxylation is 1. The second kappa shape index (κ2) is 6.60. The Labute approximate surface area is 113 Å². The molecule has 0 heterocycles. The maximum atomic E-state index is 3.48. The zero-order chi connectivity index (χ0) is 12.1. The highest BCUT2D eigenvalue weighted by atomic mass is 127. The van der Waals surface area contributed by atoms with E-state index >= 15 is 0 Å². The van der Waals surface area contributed by atoms with E-state index < -0.39 is 0 Å². The molecule has 0 amide bonds. The molecule has 0 fully saturated rings. The molecular weight excluding hydrogens is 309 g/mol. The van der Waals surface area contributed by atoms with Crippen molar-refractivity contribution in [2.24, 2.45) is 5.92 Å². The van der Waals surface area contributed by atoms with Crippen molar-refractivity contribution in [2.75, 3.05) is 7.05 Å². The Bertz CT molecular complexity index is 332. The van der Waals surface area contributed by atoms with Gasteiger partial charge in [-0.15, -0.1) is 0 Å². The first kappa shape index (κ1) is 14.0. The van der Waals surface area contributed by atoms with Crippen molar-refractivity contribution in [1.82, 2.24) is 5.32 Å². The third kappa shape index (κ3) is 2.98. The van der Waals surface area contributed by atoms with Crippen molar-refractivity contribution >= 4 is 22.6 Å². The van der Waals surface area contributed by atoms with Crippen molar-refractivity contribution < 1.29 is 0 Å². The molecule has 1 aromatic carbocycles. The van der Waals surface area contributed by atoms with E-state index in [0.29, 0.717) is 6.04 Å². The summed E-state index contributed by atoms with van der Waals surface area (Å²) >= 11 is 2.47. The number of benzene rings is 1. The summed E-state index contributed by atoms with van der Waals surface area (Å²) in [5.41, 5.74) is 2.83. The van der Waals surface area contributed by atoms with Crippen LogP contribution in [0.25, 0.3) is 0 Å². The third-order valence-corrected chi connectivity index (χ3v) is 4.86. The molecule has 0 saturated carbocycles. The van der Waals surface area contributed by atoms with E-state index in [0.717, 1.165) is 5.92 Å². The summed E-state index contributed by atoms with van der Waals surface area (Å²) in [7, 11) is 2.07. The van der Waals surface area contributed by atoms with Crippen LogP contribution in [-0.4, -0.2) is 7.05 Å². The van der Waals surface area contributed by atoms with Gasteiger partial charge in [0.15, 0.2) is 0 Å². The molecule has 1 aromatic rings. The van der Waals surface area contributed by atoms with Crippen LogP contribution in [0.3, 0.4) is 0 Å². The Morgan fingerprint density at radius 1 is 1.25 bits per heavy atom. The van der Waals surface area contributed by atoms with Gasteiger partial charge in [-0.2, -0.15) is 0 Å². The van der Waals surface area contributed by atoms with Crippen LogP contribution in [0.2, 0.25) is 0 Å². The molecule has 0 spiro atoms. The highest BCUT2D eigenvalue weighted by Gasteiger charge is 2.20. The van der Waals surface area contributed by atoms with E-state index in [-0.39, 0.29) is 0 Å². The summed E-state index contributed by atoms with van der Waals surface area (Å²) < 4.78 is 1.41. The van der Waals surface area contributed by atoms with Gasteiger partial charge in [0.2, 0.25) is 0 Å². The smallest absolute Gasteiger partial charge is 0.0356 e. The first-order chi connectivity index (χ1) is 7.65. The second-order valence-electron chi connectivity index (χ2n) is 4.32. The van der Waals surface area contributed by atoms with Crippen LogP contribution >= 0.6 is 22.6 Å². The zero-order valence-electron chi connectivity index (χ0n) is 10.7. The average molecular weight is 331 g/mol. The molecule has 1 atom stereocenters. The predicted octanol–water partition coefficient (Wildman–Crippen LogP) is 4.30. The Morgan fingerprint density at radius 3 is 2.38 bits per heavy atom. The minimum absolute atomic E-state index is 0.488. The van der Waals surface area contributed by atoms with E-state index in [4.69, 9.17) is 0 Å². The van der Waals surface area contributed by atoms with Crippen LogP contribution in [0.1, 0.15) is 43.9 Å². The van der Waals surface area contributed by atoms with Gasteiger partial charge in [-0.1, -0.05) is 44.9 Å². The minimum atomic E-state index is 0.488.